The quantitative estimate of drug-likeness (QED) is 0.627. The summed E-state index contributed by atoms with van der Waals surface area (Å²) in [5, 5.41) is 11.4. The molecule has 0 aliphatic heterocycles. The van der Waals surface area contributed by atoms with Gasteiger partial charge in [-0.3, -0.25) is 4.79 Å². The van der Waals surface area contributed by atoms with Crippen LogP contribution in [0, 0.1) is 13.8 Å². The van der Waals surface area contributed by atoms with Gasteiger partial charge in [0.05, 0.1) is 19.8 Å². The molecule has 0 unspecified atom stereocenters. The van der Waals surface area contributed by atoms with Gasteiger partial charge in [0.1, 0.15) is 5.75 Å². The summed E-state index contributed by atoms with van der Waals surface area (Å²) < 4.78 is 15.4. The van der Waals surface area contributed by atoms with E-state index in [1.807, 2.05) is 0 Å². The summed E-state index contributed by atoms with van der Waals surface area (Å²) in [5.41, 5.74) is 1.93. The number of nitrogens with one attached hydrogen (secondary N) is 1. The molecule has 0 aliphatic rings. The van der Waals surface area contributed by atoms with Crippen LogP contribution in [0.5, 0.6) is 5.75 Å². The maximum absolute atomic E-state index is 12.1. The molecule has 0 fully saturated rings. The van der Waals surface area contributed by atoms with Crippen LogP contribution >= 0.6 is 0 Å². The molecule has 7 nitrogen and oxygen atoms in total. The number of hydrogen-bond donors (Lipinski definition) is 2. The topological polar surface area (TPSA) is 94.1 Å². The largest absolute Gasteiger partial charge is 0.481 e. The van der Waals surface area contributed by atoms with E-state index in [1.165, 1.54) is 0 Å². The van der Waals surface area contributed by atoms with Gasteiger partial charge in [0.15, 0.2) is 6.61 Å². The number of carbonyl (C=O) groups is 2. The van der Waals surface area contributed by atoms with Gasteiger partial charge in [-0.1, -0.05) is 0 Å². The lowest BCUT2D eigenvalue weighted by Crippen LogP contribution is -2.27. The van der Waals surface area contributed by atoms with Crippen LogP contribution in [0.4, 0.5) is 0 Å². The molecular weight excluding hydrogens is 302 g/mol. The fourth-order valence-corrected chi connectivity index (χ4v) is 2.03. The van der Waals surface area contributed by atoms with Gasteiger partial charge >= 0.3 is 5.97 Å². The van der Waals surface area contributed by atoms with Crippen LogP contribution in [-0.2, 0) is 14.3 Å². The summed E-state index contributed by atoms with van der Waals surface area (Å²) >= 11 is 0. The van der Waals surface area contributed by atoms with Crippen molar-refractivity contribution in [2.45, 2.75) is 13.8 Å². The molecule has 0 atom stereocenters. The number of carbonyl (C=O) groups excluding carboxylic acids is 1. The van der Waals surface area contributed by atoms with Crippen LogP contribution in [-0.4, -0.2) is 57.1 Å². The van der Waals surface area contributed by atoms with E-state index < -0.39 is 12.6 Å². The smallest absolute Gasteiger partial charge is 0.341 e. The van der Waals surface area contributed by atoms with Gasteiger partial charge in [0.2, 0.25) is 0 Å². The number of ether oxygens (including phenoxy) is 3. The molecule has 0 aliphatic carbocycles. The SMILES string of the molecule is COCCOCCNC(=O)c1cc(C)c(OCC(=O)O)c(C)c1. The highest BCUT2D eigenvalue weighted by molar-refractivity contribution is 5.94. The first kappa shape index (κ1) is 18.9. The van der Waals surface area contributed by atoms with Gasteiger partial charge in [-0.15, -0.1) is 0 Å². The van der Waals surface area contributed by atoms with Crippen molar-refractivity contribution in [2.75, 3.05) is 40.1 Å². The van der Waals surface area contributed by atoms with Crippen molar-refractivity contribution in [1.29, 1.82) is 0 Å². The number of aryl methyl sites for hydroxylation is 2. The van der Waals surface area contributed by atoms with E-state index in [9.17, 15) is 9.59 Å². The standard InChI is InChI=1S/C16H23NO6/c1-11-8-13(9-12(2)15(11)23-10-14(18)19)16(20)17-4-5-22-7-6-21-3/h8-9H,4-7,10H2,1-3H3,(H,17,20)(H,18,19). The highest BCUT2D eigenvalue weighted by Crippen LogP contribution is 2.24. The van der Waals surface area contributed by atoms with E-state index in [-0.39, 0.29) is 5.91 Å². The van der Waals surface area contributed by atoms with Crippen LogP contribution in [0.3, 0.4) is 0 Å². The zero-order chi connectivity index (χ0) is 17.2. The summed E-state index contributed by atoms with van der Waals surface area (Å²) in [6.07, 6.45) is 0. The zero-order valence-electron chi connectivity index (χ0n) is 13.7. The highest BCUT2D eigenvalue weighted by atomic mass is 16.5. The molecule has 0 heterocycles. The third-order valence-corrected chi connectivity index (χ3v) is 3.03. The zero-order valence-corrected chi connectivity index (χ0v) is 13.7. The predicted molar refractivity (Wildman–Crippen MR) is 84.1 cm³/mol. The second-order valence-electron chi connectivity index (χ2n) is 4.98. The van der Waals surface area contributed by atoms with Crippen LogP contribution in [0.1, 0.15) is 21.5 Å². The second kappa shape index (κ2) is 9.81. The molecule has 0 saturated carbocycles. The fraction of sp³-hybridized carbons (Fsp3) is 0.500. The van der Waals surface area contributed by atoms with Crippen LogP contribution in [0.2, 0.25) is 0 Å². The average molecular weight is 325 g/mol. The Hall–Kier alpha value is -2.12. The summed E-state index contributed by atoms with van der Waals surface area (Å²) in [4.78, 5) is 22.7. The number of rotatable bonds is 10. The van der Waals surface area contributed by atoms with Gasteiger partial charge in [-0.2, -0.15) is 0 Å². The maximum Gasteiger partial charge on any atom is 0.341 e. The third-order valence-electron chi connectivity index (χ3n) is 3.03. The monoisotopic (exact) mass is 325 g/mol. The summed E-state index contributed by atoms with van der Waals surface area (Å²) in [7, 11) is 1.60. The summed E-state index contributed by atoms with van der Waals surface area (Å²) in [6.45, 7) is 4.95. The van der Waals surface area contributed by atoms with E-state index in [4.69, 9.17) is 19.3 Å². The average Bonchev–Trinajstić information content (AvgIpc) is 2.49. The van der Waals surface area contributed by atoms with E-state index in [0.717, 1.165) is 0 Å². The van der Waals surface area contributed by atoms with Crippen LogP contribution < -0.4 is 10.1 Å². The van der Waals surface area contributed by atoms with Crippen LogP contribution in [0.25, 0.3) is 0 Å². The molecule has 1 amide bonds. The Morgan fingerprint density at radius 2 is 1.78 bits per heavy atom. The first-order valence-electron chi connectivity index (χ1n) is 7.26. The molecule has 23 heavy (non-hydrogen) atoms. The lowest BCUT2D eigenvalue weighted by atomic mass is 10.1. The molecular formula is C16H23NO6. The number of amides is 1. The second-order valence-corrected chi connectivity index (χ2v) is 4.98. The molecule has 2 N–H and O–H groups in total. The minimum Gasteiger partial charge on any atom is -0.481 e. The molecule has 0 saturated heterocycles. The van der Waals surface area contributed by atoms with Crippen molar-refractivity contribution in [1.82, 2.24) is 5.32 Å². The number of hydrogen-bond acceptors (Lipinski definition) is 5. The van der Waals surface area contributed by atoms with E-state index in [2.05, 4.69) is 5.32 Å². The van der Waals surface area contributed by atoms with Gasteiger partial charge < -0.3 is 24.6 Å². The van der Waals surface area contributed by atoms with Crippen molar-refractivity contribution >= 4 is 11.9 Å². The molecule has 1 rings (SSSR count). The third kappa shape index (κ3) is 6.66. The maximum atomic E-state index is 12.1. The van der Waals surface area contributed by atoms with Crippen molar-refractivity contribution in [3.8, 4) is 5.75 Å². The van der Waals surface area contributed by atoms with Crippen molar-refractivity contribution in [3.05, 3.63) is 28.8 Å². The minimum absolute atomic E-state index is 0.212. The lowest BCUT2D eigenvalue weighted by Gasteiger charge is -2.13. The van der Waals surface area contributed by atoms with Crippen LogP contribution in [0.15, 0.2) is 12.1 Å². The van der Waals surface area contributed by atoms with E-state index in [1.54, 1.807) is 33.1 Å². The number of carboxylic acids is 1. The molecule has 1 aromatic carbocycles. The van der Waals surface area contributed by atoms with Gasteiger partial charge in [0, 0.05) is 19.2 Å². The molecule has 0 radical (unpaired) electrons. The minimum atomic E-state index is -1.04. The van der Waals surface area contributed by atoms with Crippen molar-refractivity contribution < 1.29 is 28.9 Å². The fourth-order valence-electron chi connectivity index (χ4n) is 2.03. The van der Waals surface area contributed by atoms with Crippen molar-refractivity contribution in [2.24, 2.45) is 0 Å². The Morgan fingerprint density at radius 3 is 2.35 bits per heavy atom. The summed E-state index contributed by atoms with van der Waals surface area (Å²) in [5.74, 6) is -0.762. The Bertz CT molecular complexity index is 520. The Labute approximate surface area is 135 Å². The molecule has 7 heteroatoms. The molecule has 1 aromatic rings. The molecule has 0 bridgehead atoms. The summed E-state index contributed by atoms with van der Waals surface area (Å²) in [6, 6.07) is 3.34. The number of carboxylic acid groups (broad SMARTS) is 1. The first-order valence-corrected chi connectivity index (χ1v) is 7.26. The van der Waals surface area contributed by atoms with E-state index in [0.29, 0.717) is 48.8 Å². The Kier molecular flexibility index (Phi) is 8.07. The molecule has 0 aromatic heterocycles. The predicted octanol–water partition coefficient (Wildman–Crippen LogP) is 1.16. The highest BCUT2D eigenvalue weighted by Gasteiger charge is 2.12. The number of aliphatic carboxylic acids is 1. The number of methoxy groups -OCH3 is 1. The van der Waals surface area contributed by atoms with E-state index >= 15 is 0 Å². The van der Waals surface area contributed by atoms with Gasteiger partial charge in [-0.05, 0) is 37.1 Å². The number of benzene rings is 1. The molecule has 0 spiro atoms. The first-order chi connectivity index (χ1) is 11.0. The molecule has 128 valence electrons. The van der Waals surface area contributed by atoms with Crippen molar-refractivity contribution in [3.63, 3.8) is 0 Å². The Morgan fingerprint density at radius 1 is 1.13 bits per heavy atom. The normalized spacial score (nSPS) is 10.4. The van der Waals surface area contributed by atoms with Gasteiger partial charge in [-0.25, -0.2) is 4.79 Å². The van der Waals surface area contributed by atoms with Gasteiger partial charge in [0.25, 0.3) is 5.91 Å². The Balaban J connectivity index is 2.56. The lowest BCUT2D eigenvalue weighted by molar-refractivity contribution is -0.139.